The van der Waals surface area contributed by atoms with Crippen molar-refractivity contribution in [2.75, 3.05) is 6.54 Å². The predicted octanol–water partition coefficient (Wildman–Crippen LogP) is 1.73. The van der Waals surface area contributed by atoms with E-state index in [0.717, 1.165) is 25.7 Å². The largest absolute Gasteiger partial charge is 0.446 e. The van der Waals surface area contributed by atoms with Gasteiger partial charge in [-0.25, -0.2) is 8.42 Å². The summed E-state index contributed by atoms with van der Waals surface area (Å²) in [4.78, 5) is 0. The van der Waals surface area contributed by atoms with E-state index in [9.17, 15) is 8.42 Å². The van der Waals surface area contributed by atoms with Gasteiger partial charge in [-0.1, -0.05) is 12.8 Å². The molecular weight excluding hydrogens is 254 g/mol. The van der Waals surface area contributed by atoms with Crippen LogP contribution in [0.4, 0.5) is 0 Å². The highest BCUT2D eigenvalue weighted by atomic mass is 32.2. The topological polar surface area (TPSA) is 70.8 Å². The maximum Gasteiger partial charge on any atom is 0.276 e. The molecule has 0 amide bonds. The second-order valence-corrected chi connectivity index (χ2v) is 6.51. The molecule has 0 saturated carbocycles. The summed E-state index contributed by atoms with van der Waals surface area (Å²) in [7, 11) is -3.57. The molecule has 1 N–H and O–H groups in total. The van der Waals surface area contributed by atoms with Crippen molar-refractivity contribution in [1.82, 2.24) is 4.31 Å². The van der Waals surface area contributed by atoms with Gasteiger partial charge in [0.2, 0.25) is 5.09 Å². The molecule has 0 spiro atoms. The van der Waals surface area contributed by atoms with Gasteiger partial charge in [0.25, 0.3) is 10.0 Å². The molecule has 1 aliphatic rings. The van der Waals surface area contributed by atoms with Crippen LogP contribution in [0.2, 0.25) is 0 Å². The number of aliphatic hydroxyl groups excluding tert-OH is 1. The first-order valence-corrected chi connectivity index (χ1v) is 7.71. The van der Waals surface area contributed by atoms with E-state index in [1.807, 2.05) is 6.92 Å². The van der Waals surface area contributed by atoms with Crippen LogP contribution < -0.4 is 0 Å². The number of nitrogens with zero attached hydrogens (tertiary/aromatic N) is 1. The molecule has 1 aliphatic heterocycles. The second-order valence-electron chi connectivity index (χ2n) is 4.69. The molecule has 5 nitrogen and oxygen atoms in total. The molecule has 1 aromatic heterocycles. The molecule has 0 aliphatic carbocycles. The van der Waals surface area contributed by atoms with Crippen LogP contribution in [0.5, 0.6) is 0 Å². The molecule has 1 saturated heterocycles. The Bertz CT molecular complexity index is 494. The Morgan fingerprint density at radius 1 is 1.39 bits per heavy atom. The minimum Gasteiger partial charge on any atom is -0.446 e. The maximum atomic E-state index is 12.4. The first kappa shape index (κ1) is 13.6. The highest BCUT2D eigenvalue weighted by molar-refractivity contribution is 7.89. The molecule has 0 aromatic carbocycles. The zero-order chi connectivity index (χ0) is 13.2. The normalized spacial score (nSPS) is 22.9. The number of hydrogen-bond acceptors (Lipinski definition) is 4. The molecule has 18 heavy (non-hydrogen) atoms. The molecule has 1 fully saturated rings. The first-order valence-electron chi connectivity index (χ1n) is 6.27. The van der Waals surface area contributed by atoms with Crippen molar-refractivity contribution in [3.8, 4) is 0 Å². The molecule has 0 bridgehead atoms. The summed E-state index contributed by atoms with van der Waals surface area (Å²) >= 11 is 0. The lowest BCUT2D eigenvalue weighted by molar-refractivity contribution is 0.234. The summed E-state index contributed by atoms with van der Waals surface area (Å²) in [5.41, 5.74) is 0. The number of rotatable bonds is 3. The molecular formula is C12H19NO4S. The molecule has 2 rings (SSSR count). The smallest absolute Gasteiger partial charge is 0.276 e. The molecule has 6 heteroatoms. The van der Waals surface area contributed by atoms with Gasteiger partial charge in [-0.3, -0.25) is 0 Å². The van der Waals surface area contributed by atoms with Crippen molar-refractivity contribution in [1.29, 1.82) is 0 Å². The lowest BCUT2D eigenvalue weighted by Gasteiger charge is -2.24. The molecule has 1 aromatic rings. The van der Waals surface area contributed by atoms with E-state index in [0.29, 0.717) is 6.54 Å². The minimum atomic E-state index is -3.57. The van der Waals surface area contributed by atoms with Crippen LogP contribution >= 0.6 is 0 Å². The van der Waals surface area contributed by atoms with E-state index in [4.69, 9.17) is 9.52 Å². The summed E-state index contributed by atoms with van der Waals surface area (Å²) in [5, 5.41) is 8.85. The number of sulfonamides is 1. The Morgan fingerprint density at radius 3 is 2.83 bits per heavy atom. The van der Waals surface area contributed by atoms with Gasteiger partial charge in [-0.05, 0) is 31.9 Å². The van der Waals surface area contributed by atoms with Crippen LogP contribution in [-0.4, -0.2) is 30.4 Å². The van der Waals surface area contributed by atoms with Gasteiger partial charge in [0.1, 0.15) is 12.4 Å². The van der Waals surface area contributed by atoms with E-state index in [1.165, 1.54) is 16.4 Å². The Balaban J connectivity index is 2.28. The third-order valence-electron chi connectivity index (χ3n) is 3.35. The van der Waals surface area contributed by atoms with Crippen LogP contribution in [-0.2, 0) is 16.6 Å². The molecule has 0 radical (unpaired) electrons. The van der Waals surface area contributed by atoms with Crippen molar-refractivity contribution in [3.05, 3.63) is 17.9 Å². The lowest BCUT2D eigenvalue weighted by Crippen LogP contribution is -2.38. The third kappa shape index (κ3) is 2.60. The minimum absolute atomic E-state index is 0.000163. The fourth-order valence-corrected chi connectivity index (χ4v) is 3.94. The highest BCUT2D eigenvalue weighted by Crippen LogP contribution is 2.25. The molecule has 102 valence electrons. The Hall–Kier alpha value is -0.850. The summed E-state index contributed by atoms with van der Waals surface area (Å²) < 4.78 is 31.5. The number of hydrogen-bond donors (Lipinski definition) is 1. The van der Waals surface area contributed by atoms with Gasteiger partial charge < -0.3 is 9.52 Å². The van der Waals surface area contributed by atoms with Gasteiger partial charge in [-0.2, -0.15) is 4.31 Å². The van der Waals surface area contributed by atoms with Crippen LogP contribution in [0.25, 0.3) is 0 Å². The molecule has 1 unspecified atom stereocenters. The zero-order valence-corrected chi connectivity index (χ0v) is 11.3. The highest BCUT2D eigenvalue weighted by Gasteiger charge is 2.32. The van der Waals surface area contributed by atoms with Gasteiger partial charge in [0, 0.05) is 12.6 Å². The van der Waals surface area contributed by atoms with Gasteiger partial charge in [0.05, 0.1) is 0 Å². The second kappa shape index (κ2) is 5.42. The van der Waals surface area contributed by atoms with E-state index in [1.54, 1.807) is 0 Å². The maximum absolute atomic E-state index is 12.4. The van der Waals surface area contributed by atoms with E-state index < -0.39 is 10.0 Å². The lowest BCUT2D eigenvalue weighted by atomic mass is 10.1. The van der Waals surface area contributed by atoms with Crippen molar-refractivity contribution in [2.24, 2.45) is 0 Å². The van der Waals surface area contributed by atoms with Crippen molar-refractivity contribution < 1.29 is 17.9 Å². The van der Waals surface area contributed by atoms with Gasteiger partial charge in [0.15, 0.2) is 0 Å². The van der Waals surface area contributed by atoms with E-state index >= 15 is 0 Å². The SMILES string of the molecule is CC1CCCCCN1S(=O)(=O)c1ccc(CO)o1. The predicted molar refractivity (Wildman–Crippen MR) is 66.5 cm³/mol. The Kier molecular flexibility index (Phi) is 4.09. The summed E-state index contributed by atoms with van der Waals surface area (Å²) in [6.07, 6.45) is 3.90. The number of aliphatic hydroxyl groups is 1. The summed E-state index contributed by atoms with van der Waals surface area (Å²) in [5.74, 6) is 0.274. The van der Waals surface area contributed by atoms with E-state index in [-0.39, 0.29) is 23.5 Å². The monoisotopic (exact) mass is 273 g/mol. The first-order chi connectivity index (χ1) is 8.55. The zero-order valence-electron chi connectivity index (χ0n) is 10.5. The van der Waals surface area contributed by atoms with Gasteiger partial charge >= 0.3 is 0 Å². The van der Waals surface area contributed by atoms with Crippen LogP contribution in [0.1, 0.15) is 38.4 Å². The number of furan rings is 1. The van der Waals surface area contributed by atoms with Crippen LogP contribution in [0.3, 0.4) is 0 Å². The van der Waals surface area contributed by atoms with Gasteiger partial charge in [-0.15, -0.1) is 0 Å². The average molecular weight is 273 g/mol. The van der Waals surface area contributed by atoms with Crippen LogP contribution in [0.15, 0.2) is 21.6 Å². The fourth-order valence-electron chi connectivity index (χ4n) is 2.30. The van der Waals surface area contributed by atoms with Crippen molar-refractivity contribution >= 4 is 10.0 Å². The standard InChI is InChI=1S/C12H19NO4S/c1-10-5-3-2-4-8-13(10)18(15,16)12-7-6-11(9-14)17-12/h6-7,10,14H,2-5,8-9H2,1H3. The quantitative estimate of drug-likeness (QED) is 0.910. The van der Waals surface area contributed by atoms with Crippen LogP contribution in [0, 0.1) is 0 Å². The molecule has 1 atom stereocenters. The summed E-state index contributed by atoms with van der Waals surface area (Å²) in [6.45, 7) is 2.18. The fraction of sp³-hybridized carbons (Fsp3) is 0.667. The molecule has 2 heterocycles. The third-order valence-corrected chi connectivity index (χ3v) is 5.24. The van der Waals surface area contributed by atoms with E-state index in [2.05, 4.69) is 0 Å². The van der Waals surface area contributed by atoms with Crippen molar-refractivity contribution in [2.45, 2.75) is 50.3 Å². The average Bonchev–Trinajstić information content (AvgIpc) is 2.72. The Labute approximate surface area is 107 Å². The Morgan fingerprint density at radius 2 is 2.17 bits per heavy atom. The van der Waals surface area contributed by atoms with Crippen molar-refractivity contribution in [3.63, 3.8) is 0 Å². The summed E-state index contributed by atoms with van der Waals surface area (Å²) in [6, 6.07) is 2.91.